The SMILES string of the molecule is COc1cc(CNC(=O)C2CCN(c3nc4c(F)cccc4s3)CC2)cc(OC)c1OC. The van der Waals surface area contributed by atoms with Crippen LogP contribution in [0.15, 0.2) is 30.3 Å². The molecule has 0 radical (unpaired) electrons. The standard InChI is InChI=1S/C23H26FN3O4S/c1-29-17-11-14(12-18(30-2)21(17)31-3)13-25-22(28)15-7-9-27(10-8-15)23-26-20-16(24)5-4-6-19(20)32-23/h4-6,11-12,15H,7-10,13H2,1-3H3,(H,25,28). The summed E-state index contributed by atoms with van der Waals surface area (Å²) in [6, 6.07) is 8.66. The Kier molecular flexibility index (Phi) is 6.64. The number of carbonyl (C=O) groups is 1. The fraction of sp³-hybridized carbons (Fsp3) is 0.391. The molecule has 1 saturated heterocycles. The van der Waals surface area contributed by atoms with Crippen molar-refractivity contribution in [1.82, 2.24) is 10.3 Å². The molecule has 170 valence electrons. The Labute approximate surface area is 190 Å². The first-order chi connectivity index (χ1) is 15.5. The van der Waals surface area contributed by atoms with E-state index in [1.165, 1.54) is 17.4 Å². The number of aromatic nitrogens is 1. The van der Waals surface area contributed by atoms with Gasteiger partial charge in [-0.1, -0.05) is 17.4 Å². The van der Waals surface area contributed by atoms with E-state index in [1.54, 1.807) is 27.4 Å². The molecule has 9 heteroatoms. The summed E-state index contributed by atoms with van der Waals surface area (Å²) >= 11 is 1.49. The molecule has 2 aromatic carbocycles. The van der Waals surface area contributed by atoms with Gasteiger partial charge < -0.3 is 24.4 Å². The smallest absolute Gasteiger partial charge is 0.223 e. The average Bonchev–Trinajstić information content (AvgIpc) is 3.27. The normalized spacial score (nSPS) is 14.4. The van der Waals surface area contributed by atoms with Crippen LogP contribution in [0.25, 0.3) is 10.2 Å². The minimum atomic E-state index is -0.300. The van der Waals surface area contributed by atoms with Gasteiger partial charge in [0.05, 0.1) is 26.0 Å². The number of hydrogen-bond acceptors (Lipinski definition) is 7. The van der Waals surface area contributed by atoms with Crippen molar-refractivity contribution in [3.63, 3.8) is 0 Å². The van der Waals surface area contributed by atoms with E-state index in [9.17, 15) is 9.18 Å². The fourth-order valence-corrected chi connectivity index (χ4v) is 4.97. The number of halogens is 1. The lowest BCUT2D eigenvalue weighted by Gasteiger charge is -2.31. The number of thiazole rings is 1. The Balaban J connectivity index is 1.35. The molecule has 1 fully saturated rings. The third-order valence-corrected chi connectivity index (χ3v) is 6.77. The van der Waals surface area contributed by atoms with Crippen molar-refractivity contribution in [3.8, 4) is 17.2 Å². The van der Waals surface area contributed by atoms with Gasteiger partial charge in [-0.25, -0.2) is 9.37 Å². The molecular weight excluding hydrogens is 433 g/mol. The average molecular weight is 460 g/mol. The highest BCUT2D eigenvalue weighted by Crippen LogP contribution is 2.38. The van der Waals surface area contributed by atoms with Crippen LogP contribution in [0.2, 0.25) is 0 Å². The van der Waals surface area contributed by atoms with Gasteiger partial charge in [0.2, 0.25) is 11.7 Å². The molecule has 1 aromatic heterocycles. The van der Waals surface area contributed by atoms with Crippen molar-refractivity contribution in [1.29, 1.82) is 0 Å². The molecule has 0 aliphatic carbocycles. The number of nitrogens with zero attached hydrogens (tertiary/aromatic N) is 2. The number of fused-ring (bicyclic) bond motifs is 1. The zero-order valence-electron chi connectivity index (χ0n) is 18.3. The molecule has 1 N–H and O–H groups in total. The van der Waals surface area contributed by atoms with Crippen LogP contribution in [0, 0.1) is 11.7 Å². The zero-order valence-corrected chi connectivity index (χ0v) is 19.1. The summed E-state index contributed by atoms with van der Waals surface area (Å²) in [5.74, 6) is 1.28. The quantitative estimate of drug-likeness (QED) is 0.576. The van der Waals surface area contributed by atoms with Crippen LogP contribution in [-0.4, -0.2) is 45.3 Å². The highest BCUT2D eigenvalue weighted by atomic mass is 32.1. The van der Waals surface area contributed by atoms with E-state index < -0.39 is 0 Å². The van der Waals surface area contributed by atoms with Crippen LogP contribution in [0.1, 0.15) is 18.4 Å². The molecule has 0 bridgehead atoms. The second-order valence-electron chi connectivity index (χ2n) is 7.60. The Bertz CT molecular complexity index is 1090. The molecule has 7 nitrogen and oxygen atoms in total. The molecule has 0 saturated carbocycles. The summed E-state index contributed by atoms with van der Waals surface area (Å²) in [6.07, 6.45) is 1.44. The minimum Gasteiger partial charge on any atom is -0.493 e. The first-order valence-corrected chi connectivity index (χ1v) is 11.2. The number of anilines is 1. The van der Waals surface area contributed by atoms with E-state index in [0.29, 0.717) is 42.4 Å². The first-order valence-electron chi connectivity index (χ1n) is 10.4. The van der Waals surface area contributed by atoms with Gasteiger partial charge in [0.1, 0.15) is 11.3 Å². The third kappa shape index (κ3) is 4.43. The maximum atomic E-state index is 13.9. The minimum absolute atomic E-state index is 0.0220. The maximum Gasteiger partial charge on any atom is 0.223 e. The van der Waals surface area contributed by atoms with E-state index in [2.05, 4.69) is 15.2 Å². The number of para-hydroxylation sites is 1. The van der Waals surface area contributed by atoms with E-state index >= 15 is 0 Å². The highest BCUT2D eigenvalue weighted by Gasteiger charge is 2.27. The molecule has 3 aromatic rings. The van der Waals surface area contributed by atoms with Crippen LogP contribution in [0.3, 0.4) is 0 Å². The van der Waals surface area contributed by atoms with Crippen molar-refractivity contribution in [2.45, 2.75) is 19.4 Å². The number of amides is 1. The molecule has 1 aliphatic rings. The first kappa shape index (κ1) is 22.1. The molecule has 4 rings (SSSR count). The van der Waals surface area contributed by atoms with Gasteiger partial charge in [-0.2, -0.15) is 0 Å². The number of hydrogen-bond donors (Lipinski definition) is 1. The third-order valence-electron chi connectivity index (χ3n) is 5.69. The molecule has 0 atom stereocenters. The van der Waals surface area contributed by atoms with Crippen LogP contribution in [0.5, 0.6) is 17.2 Å². The summed E-state index contributed by atoms with van der Waals surface area (Å²) in [7, 11) is 4.68. The van der Waals surface area contributed by atoms with Crippen LogP contribution >= 0.6 is 11.3 Å². The largest absolute Gasteiger partial charge is 0.493 e. The van der Waals surface area contributed by atoms with Gasteiger partial charge in [-0.15, -0.1) is 0 Å². The van der Waals surface area contributed by atoms with Gasteiger partial charge in [-0.3, -0.25) is 4.79 Å². The van der Waals surface area contributed by atoms with Crippen molar-refractivity contribution >= 4 is 32.6 Å². The number of nitrogens with one attached hydrogen (secondary N) is 1. The lowest BCUT2D eigenvalue weighted by Crippen LogP contribution is -2.40. The van der Waals surface area contributed by atoms with Gasteiger partial charge in [-0.05, 0) is 42.7 Å². The van der Waals surface area contributed by atoms with Gasteiger partial charge >= 0.3 is 0 Å². The summed E-state index contributed by atoms with van der Waals surface area (Å²) in [6.45, 7) is 1.79. The number of ether oxygens (including phenoxy) is 3. The summed E-state index contributed by atoms with van der Waals surface area (Å²) < 4.78 is 30.9. The molecule has 32 heavy (non-hydrogen) atoms. The van der Waals surface area contributed by atoms with E-state index in [0.717, 1.165) is 28.2 Å². The summed E-state index contributed by atoms with van der Waals surface area (Å²) in [5.41, 5.74) is 1.28. The number of carbonyl (C=O) groups excluding carboxylic acids is 1. The van der Waals surface area contributed by atoms with Gasteiger partial charge in [0, 0.05) is 25.6 Å². The number of benzene rings is 2. The Hall–Kier alpha value is -3.07. The van der Waals surface area contributed by atoms with Crippen LogP contribution in [0.4, 0.5) is 9.52 Å². The van der Waals surface area contributed by atoms with Crippen molar-refractivity contribution < 1.29 is 23.4 Å². The monoisotopic (exact) mass is 459 g/mol. The van der Waals surface area contributed by atoms with Gasteiger partial charge in [0.15, 0.2) is 16.6 Å². The lowest BCUT2D eigenvalue weighted by atomic mass is 9.96. The number of rotatable bonds is 7. The lowest BCUT2D eigenvalue weighted by molar-refractivity contribution is -0.125. The van der Waals surface area contributed by atoms with E-state index in [1.807, 2.05) is 18.2 Å². The highest BCUT2D eigenvalue weighted by molar-refractivity contribution is 7.22. The van der Waals surface area contributed by atoms with Crippen molar-refractivity contribution in [3.05, 3.63) is 41.7 Å². The topological polar surface area (TPSA) is 72.9 Å². The number of methoxy groups -OCH3 is 3. The molecule has 2 heterocycles. The molecule has 0 unspecified atom stereocenters. The van der Waals surface area contributed by atoms with Gasteiger partial charge in [0.25, 0.3) is 0 Å². The zero-order chi connectivity index (χ0) is 22.7. The molecular formula is C23H26FN3O4S. The second-order valence-corrected chi connectivity index (χ2v) is 8.60. The van der Waals surface area contributed by atoms with Crippen molar-refractivity contribution in [2.75, 3.05) is 39.3 Å². The molecule has 1 aliphatic heterocycles. The Morgan fingerprint density at radius 2 is 1.84 bits per heavy atom. The maximum absolute atomic E-state index is 13.9. The summed E-state index contributed by atoms with van der Waals surface area (Å²) in [5, 5.41) is 3.83. The Morgan fingerprint density at radius 3 is 2.44 bits per heavy atom. The van der Waals surface area contributed by atoms with E-state index in [-0.39, 0.29) is 17.6 Å². The summed E-state index contributed by atoms with van der Waals surface area (Å²) in [4.78, 5) is 19.3. The number of piperidine rings is 1. The molecule has 0 spiro atoms. The Morgan fingerprint density at radius 1 is 1.16 bits per heavy atom. The van der Waals surface area contributed by atoms with Crippen molar-refractivity contribution in [2.24, 2.45) is 5.92 Å². The predicted octanol–water partition coefficient (Wildman–Crippen LogP) is 3.99. The van der Waals surface area contributed by atoms with Crippen LogP contribution in [-0.2, 0) is 11.3 Å². The molecule has 1 amide bonds. The van der Waals surface area contributed by atoms with E-state index in [4.69, 9.17) is 14.2 Å². The predicted molar refractivity (Wildman–Crippen MR) is 122 cm³/mol. The second kappa shape index (κ2) is 9.60. The van der Waals surface area contributed by atoms with Crippen LogP contribution < -0.4 is 24.4 Å². The fourth-order valence-electron chi connectivity index (χ4n) is 3.94.